The molecular weight excluding hydrogens is 302 g/mol. The van der Waals surface area contributed by atoms with Crippen molar-refractivity contribution in [2.75, 3.05) is 11.9 Å². The van der Waals surface area contributed by atoms with Gasteiger partial charge in [0.1, 0.15) is 0 Å². The second-order valence-corrected chi connectivity index (χ2v) is 6.33. The third-order valence-corrected chi connectivity index (χ3v) is 4.72. The first-order chi connectivity index (χ1) is 10.6. The molecule has 0 unspecified atom stereocenters. The van der Waals surface area contributed by atoms with Crippen LogP contribution in [0.4, 0.5) is 5.69 Å². The van der Waals surface area contributed by atoms with Gasteiger partial charge >= 0.3 is 0 Å². The fourth-order valence-electron chi connectivity index (χ4n) is 2.80. The van der Waals surface area contributed by atoms with E-state index in [9.17, 15) is 4.79 Å². The van der Waals surface area contributed by atoms with E-state index in [1.807, 2.05) is 19.2 Å². The number of ketones is 1. The number of Topliss-reactive ketones (excluding diaryl/α,β-unsaturated/α-hetero) is 1. The molecule has 2 saturated carbocycles. The van der Waals surface area contributed by atoms with Crippen LogP contribution in [0.3, 0.4) is 0 Å². The molecule has 0 heterocycles. The Bertz CT molecular complexity index is 655. The highest BCUT2D eigenvalue weighted by Gasteiger charge is 2.47. The summed E-state index contributed by atoms with van der Waals surface area (Å²) in [6.45, 7) is 0. The monoisotopic (exact) mass is 319 g/mol. The predicted molar refractivity (Wildman–Crippen MR) is 85.6 cm³/mol. The molecule has 0 bridgehead atoms. The van der Waals surface area contributed by atoms with Crippen LogP contribution in [-0.2, 0) is 0 Å². The Morgan fingerprint density at radius 2 is 2.14 bits per heavy atom. The number of rotatable bonds is 5. The predicted octanol–water partition coefficient (Wildman–Crippen LogP) is 3.06. The maximum atomic E-state index is 12.5. The molecule has 2 aliphatic rings. The van der Waals surface area contributed by atoms with Crippen molar-refractivity contribution in [1.82, 2.24) is 0 Å². The van der Waals surface area contributed by atoms with Gasteiger partial charge in [-0.15, -0.1) is 5.11 Å². The second-order valence-electron chi connectivity index (χ2n) is 5.92. The number of nitrogens with two attached hydrogens (primary N) is 1. The number of carbonyl (C=O) groups is 1. The molecule has 7 heteroatoms. The highest BCUT2D eigenvalue weighted by Crippen LogP contribution is 2.43. The van der Waals surface area contributed by atoms with Gasteiger partial charge in [0.25, 0.3) is 0 Å². The van der Waals surface area contributed by atoms with Gasteiger partial charge in [-0.1, -0.05) is 11.6 Å². The summed E-state index contributed by atoms with van der Waals surface area (Å²) in [6, 6.07) is 6.01. The summed E-state index contributed by atoms with van der Waals surface area (Å²) in [4.78, 5) is 14.6. The van der Waals surface area contributed by atoms with Gasteiger partial charge in [0.05, 0.1) is 10.7 Å². The van der Waals surface area contributed by atoms with Gasteiger partial charge in [-0.05, 0) is 37.5 Å². The lowest BCUT2D eigenvalue weighted by atomic mass is 10.0. The molecule has 0 amide bonds. The van der Waals surface area contributed by atoms with Crippen LogP contribution in [0.5, 0.6) is 0 Å². The van der Waals surface area contributed by atoms with Gasteiger partial charge in [0.15, 0.2) is 11.6 Å². The van der Waals surface area contributed by atoms with Crippen LogP contribution in [0.2, 0.25) is 5.02 Å². The number of benzene rings is 1. The molecular formula is C15H18ClN5O. The number of anilines is 1. The van der Waals surface area contributed by atoms with Crippen molar-refractivity contribution in [2.45, 2.75) is 25.3 Å². The van der Waals surface area contributed by atoms with Crippen LogP contribution in [-0.4, -0.2) is 24.7 Å². The molecule has 0 aliphatic heterocycles. The van der Waals surface area contributed by atoms with Gasteiger partial charge in [-0.25, -0.2) is 5.53 Å². The normalized spacial score (nSPS) is 24.0. The highest BCUT2D eigenvalue weighted by molar-refractivity contribution is 6.33. The number of nitrogens with zero attached hydrogens (tertiary/aromatic N) is 3. The van der Waals surface area contributed by atoms with Crippen molar-refractivity contribution < 1.29 is 4.79 Å². The number of halogens is 1. The summed E-state index contributed by atoms with van der Waals surface area (Å²) in [6.07, 6.45) is 3.02. The minimum absolute atomic E-state index is 0.0114. The van der Waals surface area contributed by atoms with E-state index in [4.69, 9.17) is 23.0 Å². The molecule has 0 radical (unpaired) electrons. The van der Waals surface area contributed by atoms with Crippen LogP contribution in [0.25, 0.3) is 0 Å². The Hall–Kier alpha value is -1.95. The van der Waals surface area contributed by atoms with E-state index in [1.54, 1.807) is 6.07 Å². The summed E-state index contributed by atoms with van der Waals surface area (Å²) in [5.41, 5.74) is 8.54. The molecule has 1 aromatic carbocycles. The van der Waals surface area contributed by atoms with Crippen molar-refractivity contribution in [3.63, 3.8) is 0 Å². The molecule has 116 valence electrons. The zero-order chi connectivity index (χ0) is 15.9. The molecule has 3 rings (SSSR count). The Labute approximate surface area is 133 Å². The summed E-state index contributed by atoms with van der Waals surface area (Å²) >= 11 is 6.33. The van der Waals surface area contributed by atoms with Crippen LogP contribution < -0.4 is 10.7 Å². The first kappa shape index (κ1) is 15.0. The largest absolute Gasteiger partial charge is 0.370 e. The summed E-state index contributed by atoms with van der Waals surface area (Å²) in [5.74, 6) is 5.08. The molecule has 0 saturated heterocycles. The van der Waals surface area contributed by atoms with Crippen molar-refractivity contribution in [3.05, 3.63) is 28.8 Å². The fourth-order valence-corrected chi connectivity index (χ4v) is 3.11. The van der Waals surface area contributed by atoms with Crippen LogP contribution in [0, 0.1) is 17.4 Å². The van der Waals surface area contributed by atoms with Crippen LogP contribution in [0.15, 0.2) is 28.4 Å². The highest BCUT2D eigenvalue weighted by atomic mass is 35.5. The van der Waals surface area contributed by atoms with Crippen LogP contribution >= 0.6 is 11.6 Å². The minimum atomic E-state index is -0.195. The average Bonchev–Trinajstić information content (AvgIpc) is 3.39. The lowest BCUT2D eigenvalue weighted by Crippen LogP contribution is -2.20. The molecule has 6 nitrogen and oxygen atoms in total. The van der Waals surface area contributed by atoms with E-state index in [-0.39, 0.29) is 23.5 Å². The molecule has 3 N–H and O–H groups in total. The molecule has 0 spiro atoms. The average molecular weight is 320 g/mol. The van der Waals surface area contributed by atoms with Crippen molar-refractivity contribution in [2.24, 2.45) is 27.9 Å². The third kappa shape index (κ3) is 2.70. The van der Waals surface area contributed by atoms with Gasteiger partial charge in [0, 0.05) is 30.5 Å². The van der Waals surface area contributed by atoms with E-state index in [1.165, 1.54) is 12.8 Å². The van der Waals surface area contributed by atoms with Crippen LogP contribution in [0.1, 0.15) is 29.6 Å². The Kier molecular flexibility index (Phi) is 3.87. The first-order valence-electron chi connectivity index (χ1n) is 7.28. The van der Waals surface area contributed by atoms with Gasteiger partial charge in [-0.2, -0.15) is 5.10 Å². The smallest absolute Gasteiger partial charge is 0.173 e. The molecule has 2 atom stereocenters. The Morgan fingerprint density at radius 3 is 2.68 bits per heavy atom. The first-order valence-corrected chi connectivity index (χ1v) is 7.66. The third-order valence-electron chi connectivity index (χ3n) is 4.41. The lowest BCUT2D eigenvalue weighted by molar-refractivity contribution is 0.0964. The topological polar surface area (TPSA) is 94.9 Å². The maximum absolute atomic E-state index is 12.5. The summed E-state index contributed by atoms with van der Waals surface area (Å²) < 4.78 is 0. The number of carbonyl (C=O) groups excluding carboxylic acids is 1. The Balaban J connectivity index is 1.74. The molecule has 2 fully saturated rings. The second kappa shape index (κ2) is 5.68. The molecule has 0 aromatic heterocycles. The zero-order valence-electron chi connectivity index (χ0n) is 12.3. The van der Waals surface area contributed by atoms with Gasteiger partial charge < -0.3 is 10.7 Å². The number of hydrazone groups is 1. The van der Waals surface area contributed by atoms with Crippen molar-refractivity contribution in [1.29, 1.82) is 5.53 Å². The Morgan fingerprint density at radius 1 is 1.41 bits per heavy atom. The standard InChI is InChI=1S/C15H18ClN5O/c1-21(9-3-4-9)13-5-2-8(6-12(13)16)14(22)10-7-11(10)15(19-17)20-18/h2,5-6,9-11,17H,3-4,7,18H2,1H3/t10-,11-/m0/s1. The summed E-state index contributed by atoms with van der Waals surface area (Å²) in [7, 11) is 2.02. The van der Waals surface area contributed by atoms with Crippen molar-refractivity contribution in [3.8, 4) is 0 Å². The summed E-state index contributed by atoms with van der Waals surface area (Å²) in [5, 5.41) is 7.31. The van der Waals surface area contributed by atoms with E-state index >= 15 is 0 Å². The lowest BCUT2D eigenvalue weighted by Gasteiger charge is -2.20. The van der Waals surface area contributed by atoms with E-state index in [0.29, 0.717) is 23.0 Å². The fraction of sp³-hybridized carbons (Fsp3) is 0.467. The van der Waals surface area contributed by atoms with E-state index in [0.717, 1.165) is 5.69 Å². The zero-order valence-corrected chi connectivity index (χ0v) is 13.0. The molecule has 1 aromatic rings. The maximum Gasteiger partial charge on any atom is 0.173 e. The number of amidine groups is 1. The molecule has 22 heavy (non-hydrogen) atoms. The van der Waals surface area contributed by atoms with Gasteiger partial charge in [-0.3, -0.25) is 4.79 Å². The molecule has 2 aliphatic carbocycles. The number of hydrogen-bond donors (Lipinski definition) is 2. The SMILES string of the molecule is CN(c1ccc(C(=O)[C@H]2C[C@@H]2C(N=N)=NN)cc1Cl)C1CC1. The number of hydrogen-bond acceptors (Lipinski definition) is 5. The minimum Gasteiger partial charge on any atom is -0.370 e. The number of nitrogens with one attached hydrogen (secondary N) is 1. The quantitative estimate of drug-likeness (QED) is 0.218. The van der Waals surface area contributed by atoms with Gasteiger partial charge in [0.2, 0.25) is 0 Å². The van der Waals surface area contributed by atoms with E-state index < -0.39 is 0 Å². The van der Waals surface area contributed by atoms with Crippen molar-refractivity contribution >= 4 is 28.9 Å². The van der Waals surface area contributed by atoms with E-state index in [2.05, 4.69) is 15.1 Å².